The summed E-state index contributed by atoms with van der Waals surface area (Å²) in [6, 6.07) is 18.8. The molecule has 0 fully saturated rings. The van der Waals surface area contributed by atoms with E-state index in [0.717, 1.165) is 40.1 Å². The lowest BCUT2D eigenvalue weighted by Crippen LogP contribution is -1.92. The van der Waals surface area contributed by atoms with Crippen LogP contribution in [-0.2, 0) is 12.8 Å². The Kier molecular flexibility index (Phi) is 6.82. The van der Waals surface area contributed by atoms with Crippen molar-refractivity contribution < 1.29 is 8.81 Å². The van der Waals surface area contributed by atoms with E-state index in [-0.39, 0.29) is 11.4 Å². The molecule has 0 aliphatic heterocycles. The zero-order chi connectivity index (χ0) is 21.8. The van der Waals surface area contributed by atoms with Gasteiger partial charge < -0.3 is 4.42 Å². The van der Waals surface area contributed by atoms with Gasteiger partial charge in [0.25, 0.3) is 0 Å². The van der Waals surface area contributed by atoms with Crippen LogP contribution in [0.25, 0.3) is 32.9 Å². The van der Waals surface area contributed by atoms with Crippen molar-refractivity contribution in [3.63, 3.8) is 0 Å². The third-order valence-corrected chi connectivity index (χ3v) is 6.33. The Hall–Kier alpha value is -2.52. The lowest BCUT2D eigenvalue weighted by Gasteiger charge is -2.10. The van der Waals surface area contributed by atoms with Gasteiger partial charge in [-0.05, 0) is 65.2 Å². The molecule has 0 aliphatic rings. The van der Waals surface area contributed by atoms with Crippen molar-refractivity contribution in [2.45, 2.75) is 58.8 Å². The summed E-state index contributed by atoms with van der Waals surface area (Å²) in [7, 11) is 0. The molecule has 0 atom stereocenters. The zero-order valence-corrected chi connectivity index (χ0v) is 19.2. The number of benzene rings is 3. The van der Waals surface area contributed by atoms with Crippen LogP contribution in [0.5, 0.6) is 0 Å². The molecule has 4 aromatic rings. The molecule has 0 saturated carbocycles. The Morgan fingerprint density at radius 2 is 1.48 bits per heavy atom. The fourth-order valence-electron chi connectivity index (χ4n) is 4.27. The average Bonchev–Trinajstić information content (AvgIpc) is 2.79. The normalized spacial score (nSPS) is 11.5. The second-order valence-electron chi connectivity index (χ2n) is 8.32. The number of fused-ring (bicyclic) bond motifs is 3. The van der Waals surface area contributed by atoms with Gasteiger partial charge >= 0.3 is 0 Å². The summed E-state index contributed by atoms with van der Waals surface area (Å²) in [4.78, 5) is 0. The fraction of sp³-hybridized carbons (Fsp3) is 0.321. The lowest BCUT2D eigenvalue weighted by atomic mass is 9.98. The van der Waals surface area contributed by atoms with Gasteiger partial charge in [-0.2, -0.15) is 0 Å². The number of rotatable bonds is 8. The first kappa shape index (κ1) is 21.7. The molecule has 4 rings (SSSR count). The predicted molar refractivity (Wildman–Crippen MR) is 132 cm³/mol. The average molecular weight is 433 g/mol. The van der Waals surface area contributed by atoms with E-state index >= 15 is 0 Å². The third-order valence-electron chi connectivity index (χ3n) is 6.03. The highest BCUT2D eigenvalue weighted by molar-refractivity contribution is 7.71. The molecule has 31 heavy (non-hydrogen) atoms. The molecule has 1 heterocycles. The predicted octanol–water partition coefficient (Wildman–Crippen LogP) is 9.20. The molecule has 160 valence electrons. The first-order valence-corrected chi connectivity index (χ1v) is 11.8. The minimum Gasteiger partial charge on any atom is -0.441 e. The van der Waals surface area contributed by atoms with Crippen LogP contribution in [0.2, 0.25) is 0 Å². The van der Waals surface area contributed by atoms with Gasteiger partial charge in [0, 0.05) is 10.8 Å². The van der Waals surface area contributed by atoms with Crippen molar-refractivity contribution in [2.24, 2.45) is 0 Å². The van der Waals surface area contributed by atoms with E-state index in [9.17, 15) is 4.39 Å². The molecule has 0 spiro atoms. The van der Waals surface area contributed by atoms with Crippen LogP contribution in [0.15, 0.2) is 59.0 Å². The van der Waals surface area contributed by atoms with Crippen LogP contribution in [0.3, 0.4) is 0 Å². The van der Waals surface area contributed by atoms with Gasteiger partial charge in [-0.3, -0.25) is 0 Å². The molecule has 0 unspecified atom stereocenters. The molecular formula is C28H29FOS. The maximum Gasteiger partial charge on any atom is 0.198 e. The summed E-state index contributed by atoms with van der Waals surface area (Å²) in [6.07, 6.45) is 7.82. The summed E-state index contributed by atoms with van der Waals surface area (Å²) in [5.41, 5.74) is 4.57. The van der Waals surface area contributed by atoms with Crippen molar-refractivity contribution in [3.05, 3.63) is 76.2 Å². The maximum absolute atomic E-state index is 14.9. The molecule has 0 aliphatic carbocycles. The van der Waals surface area contributed by atoms with Crippen molar-refractivity contribution in [1.29, 1.82) is 0 Å². The zero-order valence-electron chi connectivity index (χ0n) is 18.3. The van der Waals surface area contributed by atoms with Gasteiger partial charge in [-0.1, -0.05) is 88.1 Å². The molecule has 0 bridgehead atoms. The molecule has 0 saturated heterocycles. The van der Waals surface area contributed by atoms with Crippen LogP contribution >= 0.6 is 12.2 Å². The van der Waals surface area contributed by atoms with Crippen molar-refractivity contribution in [3.8, 4) is 11.1 Å². The number of unbranched alkanes of at least 4 members (excludes halogenated alkanes) is 3. The smallest absolute Gasteiger partial charge is 0.198 e. The molecule has 1 nitrogen and oxygen atoms in total. The summed E-state index contributed by atoms with van der Waals surface area (Å²) in [6.45, 7) is 4.28. The lowest BCUT2D eigenvalue weighted by molar-refractivity contribution is 0.538. The summed E-state index contributed by atoms with van der Waals surface area (Å²) < 4.78 is 21.1. The third kappa shape index (κ3) is 4.57. The van der Waals surface area contributed by atoms with Gasteiger partial charge in [0.2, 0.25) is 0 Å². The second kappa shape index (κ2) is 9.74. The Balaban J connectivity index is 1.68. The standard InChI is InChI=1S/C28H29FOS/c1-3-5-6-7-9-19-10-12-20(13-11-19)22-15-16-23-24-17-14-21(8-4-2)26(29)27(24)30-28(31)25(23)18-22/h10-18H,3-9H2,1-2H3. The second-order valence-corrected chi connectivity index (χ2v) is 8.69. The minimum atomic E-state index is -0.286. The monoisotopic (exact) mass is 432 g/mol. The largest absolute Gasteiger partial charge is 0.441 e. The van der Waals surface area contributed by atoms with E-state index < -0.39 is 0 Å². The van der Waals surface area contributed by atoms with Gasteiger partial charge in [-0.15, -0.1) is 0 Å². The van der Waals surface area contributed by atoms with E-state index in [2.05, 4.69) is 43.3 Å². The van der Waals surface area contributed by atoms with Gasteiger partial charge in [0.1, 0.15) is 0 Å². The Morgan fingerprint density at radius 3 is 2.23 bits per heavy atom. The summed E-state index contributed by atoms with van der Waals surface area (Å²) >= 11 is 5.51. The van der Waals surface area contributed by atoms with E-state index in [1.54, 1.807) is 0 Å². The SMILES string of the molecule is CCCCCCc1ccc(-c2ccc3c(c2)c(=S)oc2c(F)c(CCC)ccc23)cc1. The van der Waals surface area contributed by atoms with Gasteiger partial charge in [0.05, 0.1) is 0 Å². The van der Waals surface area contributed by atoms with E-state index in [4.69, 9.17) is 16.6 Å². The topological polar surface area (TPSA) is 13.1 Å². The Morgan fingerprint density at radius 1 is 0.742 bits per heavy atom. The quantitative estimate of drug-likeness (QED) is 0.156. The molecule has 1 aromatic heterocycles. The fourth-order valence-corrected chi connectivity index (χ4v) is 4.52. The summed E-state index contributed by atoms with van der Waals surface area (Å²) in [5, 5.41) is 2.56. The Bertz CT molecular complexity index is 1250. The number of hydrogen-bond acceptors (Lipinski definition) is 2. The molecule has 3 heteroatoms. The first-order chi connectivity index (χ1) is 15.1. The Labute approximate surface area is 188 Å². The number of halogens is 1. The van der Waals surface area contributed by atoms with Crippen LogP contribution < -0.4 is 0 Å². The van der Waals surface area contributed by atoms with E-state index in [1.165, 1.54) is 31.2 Å². The highest BCUT2D eigenvalue weighted by Gasteiger charge is 2.13. The van der Waals surface area contributed by atoms with Crippen molar-refractivity contribution in [1.82, 2.24) is 0 Å². The molecule has 0 N–H and O–H groups in total. The molecule has 3 aromatic carbocycles. The van der Waals surface area contributed by atoms with Crippen LogP contribution in [-0.4, -0.2) is 0 Å². The molecular weight excluding hydrogens is 403 g/mol. The summed E-state index contributed by atoms with van der Waals surface area (Å²) in [5.74, 6) is -0.286. The molecule has 0 amide bonds. The van der Waals surface area contributed by atoms with Crippen LogP contribution in [0.1, 0.15) is 57.1 Å². The highest BCUT2D eigenvalue weighted by atomic mass is 32.1. The van der Waals surface area contributed by atoms with E-state index in [0.29, 0.717) is 16.7 Å². The van der Waals surface area contributed by atoms with Crippen molar-refractivity contribution in [2.75, 3.05) is 0 Å². The molecule has 0 radical (unpaired) electrons. The number of hydrogen-bond donors (Lipinski definition) is 0. The van der Waals surface area contributed by atoms with Gasteiger partial charge in [-0.25, -0.2) is 4.39 Å². The van der Waals surface area contributed by atoms with Crippen LogP contribution in [0.4, 0.5) is 4.39 Å². The van der Waals surface area contributed by atoms with Gasteiger partial charge in [0.15, 0.2) is 16.1 Å². The maximum atomic E-state index is 14.9. The first-order valence-electron chi connectivity index (χ1n) is 11.4. The van der Waals surface area contributed by atoms with E-state index in [1.807, 2.05) is 25.1 Å². The van der Waals surface area contributed by atoms with Crippen LogP contribution in [0, 0.1) is 10.5 Å². The van der Waals surface area contributed by atoms with Crippen molar-refractivity contribution >= 4 is 34.0 Å². The minimum absolute atomic E-state index is 0.267. The number of aryl methyl sites for hydroxylation is 2. The highest BCUT2D eigenvalue weighted by Crippen LogP contribution is 2.33.